The van der Waals surface area contributed by atoms with Crippen molar-refractivity contribution >= 4 is 11.8 Å². The summed E-state index contributed by atoms with van der Waals surface area (Å²) in [6, 6.07) is 10.6. The summed E-state index contributed by atoms with van der Waals surface area (Å²) in [6.07, 6.45) is 0. The van der Waals surface area contributed by atoms with Crippen LogP contribution in [0.3, 0.4) is 0 Å². The summed E-state index contributed by atoms with van der Waals surface area (Å²) >= 11 is 1.84. The molecule has 0 radical (unpaired) electrons. The van der Waals surface area contributed by atoms with Gasteiger partial charge >= 0.3 is 0 Å². The average Bonchev–Trinajstić information content (AvgIpc) is 2.30. The number of benzene rings is 1. The molecule has 0 spiro atoms. The van der Waals surface area contributed by atoms with Gasteiger partial charge in [0.1, 0.15) is 0 Å². The zero-order valence-corrected chi connectivity index (χ0v) is 10.8. The predicted octanol–water partition coefficient (Wildman–Crippen LogP) is 2.39. The van der Waals surface area contributed by atoms with Crippen LogP contribution in [0.4, 0.5) is 0 Å². The van der Waals surface area contributed by atoms with Crippen LogP contribution in [0.1, 0.15) is 13.8 Å². The molecule has 0 saturated heterocycles. The molecule has 2 nitrogen and oxygen atoms in total. The lowest BCUT2D eigenvalue weighted by Crippen LogP contribution is -2.38. The van der Waals surface area contributed by atoms with Gasteiger partial charge < -0.3 is 10.4 Å². The highest BCUT2D eigenvalue weighted by Gasteiger charge is 2.10. The third-order valence-corrected chi connectivity index (χ3v) is 3.54. The second-order valence-electron chi connectivity index (χ2n) is 4.15. The minimum atomic E-state index is 0.216. The third kappa shape index (κ3) is 5.01. The molecule has 1 aromatic rings. The van der Waals surface area contributed by atoms with Gasteiger partial charge in [-0.1, -0.05) is 32.0 Å². The summed E-state index contributed by atoms with van der Waals surface area (Å²) in [5.74, 6) is 1.51. The number of nitrogens with one attached hydrogen (secondary N) is 1. The van der Waals surface area contributed by atoms with E-state index >= 15 is 0 Å². The molecule has 0 heterocycles. The van der Waals surface area contributed by atoms with E-state index in [4.69, 9.17) is 5.11 Å². The first kappa shape index (κ1) is 13.6. The quantitative estimate of drug-likeness (QED) is 0.566. The topological polar surface area (TPSA) is 32.3 Å². The van der Waals surface area contributed by atoms with Crippen molar-refractivity contribution in [3.05, 3.63) is 30.3 Å². The summed E-state index contributed by atoms with van der Waals surface area (Å²) < 4.78 is 0. The van der Waals surface area contributed by atoms with Crippen LogP contribution in [0, 0.1) is 5.92 Å². The fraction of sp³-hybridized carbons (Fsp3) is 0.538. The molecule has 3 heteroatoms. The molecular weight excluding hydrogens is 218 g/mol. The van der Waals surface area contributed by atoms with Gasteiger partial charge in [0.15, 0.2) is 0 Å². The molecule has 0 aliphatic rings. The van der Waals surface area contributed by atoms with E-state index in [9.17, 15) is 0 Å². The molecule has 90 valence electrons. The zero-order chi connectivity index (χ0) is 11.8. The lowest BCUT2D eigenvalue weighted by atomic mass is 10.1. The fourth-order valence-corrected chi connectivity index (χ4v) is 2.25. The van der Waals surface area contributed by atoms with Crippen LogP contribution >= 0.6 is 11.8 Å². The van der Waals surface area contributed by atoms with E-state index in [1.165, 1.54) is 4.90 Å². The van der Waals surface area contributed by atoms with E-state index in [1.54, 1.807) is 0 Å². The zero-order valence-electron chi connectivity index (χ0n) is 10.0. The average molecular weight is 239 g/mol. The monoisotopic (exact) mass is 239 g/mol. The van der Waals surface area contributed by atoms with E-state index in [0.29, 0.717) is 5.92 Å². The third-order valence-electron chi connectivity index (χ3n) is 2.52. The smallest absolute Gasteiger partial charge is 0.0587 e. The molecule has 0 fully saturated rings. The molecule has 0 aliphatic carbocycles. The molecule has 0 unspecified atom stereocenters. The molecular formula is C13H21NOS. The Balaban J connectivity index is 2.16. The van der Waals surface area contributed by atoms with Gasteiger partial charge in [-0.3, -0.25) is 0 Å². The summed E-state index contributed by atoms with van der Waals surface area (Å²) in [5, 5.41) is 12.5. The summed E-state index contributed by atoms with van der Waals surface area (Å²) in [5.41, 5.74) is 0. The van der Waals surface area contributed by atoms with Crippen molar-refractivity contribution in [2.75, 3.05) is 18.9 Å². The first-order chi connectivity index (χ1) is 7.74. The van der Waals surface area contributed by atoms with Gasteiger partial charge in [-0.2, -0.15) is 0 Å². The first-order valence-electron chi connectivity index (χ1n) is 5.76. The van der Waals surface area contributed by atoms with Crippen LogP contribution in [-0.4, -0.2) is 30.1 Å². The van der Waals surface area contributed by atoms with E-state index in [2.05, 4.69) is 43.4 Å². The van der Waals surface area contributed by atoms with Gasteiger partial charge in [0.05, 0.1) is 6.61 Å². The van der Waals surface area contributed by atoms with Crippen LogP contribution < -0.4 is 5.32 Å². The molecule has 1 rings (SSSR count). The summed E-state index contributed by atoms with van der Waals surface area (Å²) in [4.78, 5) is 1.30. The minimum absolute atomic E-state index is 0.216. The number of aliphatic hydroxyl groups is 1. The molecule has 0 bridgehead atoms. The van der Waals surface area contributed by atoms with E-state index < -0.39 is 0 Å². The molecule has 0 aliphatic heterocycles. The normalized spacial score (nSPS) is 13.0. The second-order valence-corrected chi connectivity index (χ2v) is 5.32. The molecule has 1 aromatic carbocycles. The molecule has 0 aromatic heterocycles. The Labute approximate surface area is 102 Å². The van der Waals surface area contributed by atoms with Crippen molar-refractivity contribution in [2.24, 2.45) is 5.92 Å². The predicted molar refractivity (Wildman–Crippen MR) is 70.9 cm³/mol. The summed E-state index contributed by atoms with van der Waals surface area (Å²) in [6.45, 7) is 5.40. The van der Waals surface area contributed by atoms with Crippen LogP contribution in [0.2, 0.25) is 0 Å². The maximum atomic E-state index is 9.14. The van der Waals surface area contributed by atoms with Gasteiger partial charge in [-0.25, -0.2) is 0 Å². The highest BCUT2D eigenvalue weighted by molar-refractivity contribution is 7.99. The standard InChI is InChI=1S/C13H21NOS/c1-11(2)13(10-15)14-8-9-16-12-6-4-3-5-7-12/h3-7,11,13-15H,8-10H2,1-2H3/t13-/m1/s1. The van der Waals surface area contributed by atoms with Gasteiger partial charge in [0.25, 0.3) is 0 Å². The molecule has 0 saturated carbocycles. The molecule has 1 atom stereocenters. The summed E-state index contributed by atoms with van der Waals surface area (Å²) in [7, 11) is 0. The number of rotatable bonds is 7. The Morgan fingerprint density at radius 1 is 1.25 bits per heavy atom. The Kier molecular flexibility index (Phi) is 6.53. The van der Waals surface area contributed by atoms with Gasteiger partial charge in [0.2, 0.25) is 0 Å². The Hall–Kier alpha value is -0.510. The van der Waals surface area contributed by atoms with Gasteiger partial charge in [-0.15, -0.1) is 11.8 Å². The Morgan fingerprint density at radius 3 is 2.50 bits per heavy atom. The fourth-order valence-electron chi connectivity index (χ4n) is 1.44. The molecule has 2 N–H and O–H groups in total. The second kappa shape index (κ2) is 7.71. The maximum Gasteiger partial charge on any atom is 0.0587 e. The Bertz CT molecular complexity index is 277. The van der Waals surface area contributed by atoms with Crippen LogP contribution in [-0.2, 0) is 0 Å². The lowest BCUT2D eigenvalue weighted by Gasteiger charge is -2.19. The van der Waals surface area contributed by atoms with Crippen molar-refractivity contribution < 1.29 is 5.11 Å². The maximum absolute atomic E-state index is 9.14. The Morgan fingerprint density at radius 2 is 1.94 bits per heavy atom. The van der Waals surface area contributed by atoms with Crippen LogP contribution in [0.5, 0.6) is 0 Å². The van der Waals surface area contributed by atoms with Crippen molar-refractivity contribution in [3.8, 4) is 0 Å². The number of thioether (sulfide) groups is 1. The van der Waals surface area contributed by atoms with E-state index in [0.717, 1.165) is 12.3 Å². The van der Waals surface area contributed by atoms with Crippen LogP contribution in [0.15, 0.2) is 35.2 Å². The number of aliphatic hydroxyl groups excluding tert-OH is 1. The van der Waals surface area contributed by atoms with Crippen molar-refractivity contribution in [1.29, 1.82) is 0 Å². The van der Waals surface area contributed by atoms with Crippen LogP contribution in [0.25, 0.3) is 0 Å². The lowest BCUT2D eigenvalue weighted by molar-refractivity contribution is 0.213. The highest BCUT2D eigenvalue weighted by atomic mass is 32.2. The van der Waals surface area contributed by atoms with E-state index in [1.807, 2.05) is 17.8 Å². The number of hydrogen-bond acceptors (Lipinski definition) is 3. The minimum Gasteiger partial charge on any atom is -0.395 e. The van der Waals surface area contributed by atoms with Crippen molar-refractivity contribution in [2.45, 2.75) is 24.8 Å². The highest BCUT2D eigenvalue weighted by Crippen LogP contribution is 2.15. The first-order valence-corrected chi connectivity index (χ1v) is 6.74. The van der Waals surface area contributed by atoms with Crippen molar-refractivity contribution in [3.63, 3.8) is 0 Å². The van der Waals surface area contributed by atoms with Crippen molar-refractivity contribution in [1.82, 2.24) is 5.32 Å². The molecule has 16 heavy (non-hydrogen) atoms. The molecule has 0 amide bonds. The van der Waals surface area contributed by atoms with E-state index in [-0.39, 0.29) is 12.6 Å². The number of hydrogen-bond donors (Lipinski definition) is 2. The van der Waals surface area contributed by atoms with Gasteiger partial charge in [-0.05, 0) is 18.1 Å². The SMILES string of the molecule is CC(C)[C@@H](CO)NCCSc1ccccc1. The largest absolute Gasteiger partial charge is 0.395 e. The van der Waals surface area contributed by atoms with Gasteiger partial charge in [0, 0.05) is 23.2 Å².